The average molecular weight is 310 g/mol. The van der Waals surface area contributed by atoms with Crippen LogP contribution in [0.2, 0.25) is 0 Å². The Balaban J connectivity index is 1.94. The molecule has 0 fully saturated rings. The first-order chi connectivity index (χ1) is 11.2. The Morgan fingerprint density at radius 3 is 2.13 bits per heavy atom. The molecule has 1 heterocycles. The fourth-order valence-electron chi connectivity index (χ4n) is 2.41. The third-order valence-corrected chi connectivity index (χ3v) is 3.52. The number of nitrogens with zero attached hydrogens (tertiary/aromatic N) is 2. The highest BCUT2D eigenvalue weighted by Crippen LogP contribution is 2.30. The Morgan fingerprint density at radius 1 is 0.913 bits per heavy atom. The fraction of sp³-hybridized carbons (Fsp3) is 0.118. The summed E-state index contributed by atoms with van der Waals surface area (Å²) >= 11 is 0. The zero-order valence-electron chi connectivity index (χ0n) is 12.6. The van der Waals surface area contributed by atoms with Crippen molar-refractivity contribution in [1.82, 2.24) is 5.01 Å². The van der Waals surface area contributed by atoms with Crippen LogP contribution >= 0.6 is 0 Å². The highest BCUT2D eigenvalue weighted by Gasteiger charge is 2.35. The number of ether oxygens (including phenoxy) is 2. The summed E-state index contributed by atoms with van der Waals surface area (Å²) in [6, 6.07) is 11.9. The minimum atomic E-state index is -0.441. The van der Waals surface area contributed by atoms with Gasteiger partial charge in [0, 0.05) is 5.56 Å². The number of para-hydroxylation sites is 1. The smallest absolute Gasteiger partial charge is 0.282 e. The van der Waals surface area contributed by atoms with E-state index < -0.39 is 11.8 Å². The molecule has 0 radical (unpaired) electrons. The van der Waals surface area contributed by atoms with Crippen LogP contribution in [0, 0.1) is 0 Å². The van der Waals surface area contributed by atoms with Crippen LogP contribution in [-0.4, -0.2) is 37.3 Å². The first-order valence-electron chi connectivity index (χ1n) is 6.90. The summed E-state index contributed by atoms with van der Waals surface area (Å²) in [6.07, 6.45) is 1.41. The number of benzene rings is 2. The molecule has 2 aromatic rings. The van der Waals surface area contributed by atoms with Crippen LogP contribution in [0.1, 0.15) is 26.3 Å². The molecular formula is C17H14N2O4. The third kappa shape index (κ3) is 2.44. The number of rotatable bonds is 4. The number of fused-ring (bicyclic) bond motifs is 1. The molecule has 23 heavy (non-hydrogen) atoms. The first kappa shape index (κ1) is 14.8. The van der Waals surface area contributed by atoms with Crippen molar-refractivity contribution in [3.8, 4) is 11.5 Å². The van der Waals surface area contributed by atoms with Gasteiger partial charge in [0.2, 0.25) is 0 Å². The molecule has 1 aliphatic rings. The van der Waals surface area contributed by atoms with Crippen LogP contribution in [0.3, 0.4) is 0 Å². The molecule has 0 bridgehead atoms. The van der Waals surface area contributed by atoms with Gasteiger partial charge >= 0.3 is 0 Å². The number of hydrogen-bond donors (Lipinski definition) is 0. The predicted molar refractivity (Wildman–Crippen MR) is 84.1 cm³/mol. The molecule has 2 aromatic carbocycles. The van der Waals surface area contributed by atoms with Gasteiger partial charge in [0.1, 0.15) is 0 Å². The van der Waals surface area contributed by atoms with Crippen molar-refractivity contribution in [3.63, 3.8) is 0 Å². The van der Waals surface area contributed by atoms with Gasteiger partial charge in [-0.1, -0.05) is 18.2 Å². The van der Waals surface area contributed by atoms with Gasteiger partial charge in [0.05, 0.1) is 31.6 Å². The lowest BCUT2D eigenvalue weighted by Crippen LogP contribution is -2.24. The number of carbonyl (C=O) groups is 2. The molecule has 6 heteroatoms. The SMILES string of the molecule is COc1cccc(/C=N/N2C(=O)c3ccccc3C2=O)c1OC. The van der Waals surface area contributed by atoms with Crippen molar-refractivity contribution >= 4 is 18.0 Å². The molecule has 0 N–H and O–H groups in total. The van der Waals surface area contributed by atoms with Gasteiger partial charge in [-0.25, -0.2) is 0 Å². The van der Waals surface area contributed by atoms with Gasteiger partial charge in [-0.05, 0) is 24.3 Å². The van der Waals surface area contributed by atoms with E-state index in [9.17, 15) is 9.59 Å². The van der Waals surface area contributed by atoms with E-state index in [2.05, 4.69) is 5.10 Å². The second-order valence-electron chi connectivity index (χ2n) is 4.80. The normalized spacial score (nSPS) is 13.6. The lowest BCUT2D eigenvalue weighted by Gasteiger charge is -2.10. The highest BCUT2D eigenvalue weighted by atomic mass is 16.5. The summed E-state index contributed by atoms with van der Waals surface area (Å²) in [5.41, 5.74) is 1.31. The summed E-state index contributed by atoms with van der Waals surface area (Å²) in [7, 11) is 3.04. The van der Waals surface area contributed by atoms with Crippen LogP contribution in [0.15, 0.2) is 47.6 Å². The monoisotopic (exact) mass is 310 g/mol. The van der Waals surface area contributed by atoms with E-state index in [-0.39, 0.29) is 0 Å². The summed E-state index contributed by atoms with van der Waals surface area (Å²) in [6.45, 7) is 0. The fourth-order valence-corrected chi connectivity index (χ4v) is 2.41. The van der Waals surface area contributed by atoms with E-state index in [0.717, 1.165) is 5.01 Å². The van der Waals surface area contributed by atoms with E-state index in [1.54, 1.807) is 42.5 Å². The van der Waals surface area contributed by atoms with E-state index in [0.29, 0.717) is 28.2 Å². The molecule has 116 valence electrons. The number of amides is 2. The van der Waals surface area contributed by atoms with E-state index in [4.69, 9.17) is 9.47 Å². The van der Waals surface area contributed by atoms with Gasteiger partial charge in [0.15, 0.2) is 11.5 Å². The van der Waals surface area contributed by atoms with E-state index in [1.807, 2.05) is 0 Å². The standard InChI is InChI=1S/C17H14N2O4/c1-22-14-9-5-6-11(15(14)23-2)10-18-19-16(20)12-7-3-4-8-13(12)17(19)21/h3-10H,1-2H3/b18-10+. The minimum absolute atomic E-state index is 0.354. The quantitative estimate of drug-likeness (QED) is 0.642. The Kier molecular flexibility index (Phi) is 3.80. The van der Waals surface area contributed by atoms with Crippen molar-refractivity contribution in [2.45, 2.75) is 0 Å². The number of imide groups is 1. The zero-order chi connectivity index (χ0) is 16.4. The number of hydrazone groups is 1. The average Bonchev–Trinajstić information content (AvgIpc) is 2.84. The molecule has 0 aliphatic carbocycles. The summed E-state index contributed by atoms with van der Waals surface area (Å²) < 4.78 is 10.5. The predicted octanol–water partition coefficient (Wildman–Crippen LogP) is 2.33. The molecule has 0 atom stereocenters. The van der Waals surface area contributed by atoms with Gasteiger partial charge < -0.3 is 9.47 Å². The van der Waals surface area contributed by atoms with Gasteiger partial charge in [-0.3, -0.25) is 9.59 Å². The second-order valence-corrected chi connectivity index (χ2v) is 4.80. The zero-order valence-corrected chi connectivity index (χ0v) is 12.6. The van der Waals surface area contributed by atoms with Crippen LogP contribution in [-0.2, 0) is 0 Å². The Bertz CT molecular complexity index is 779. The van der Waals surface area contributed by atoms with Crippen molar-refractivity contribution in [3.05, 3.63) is 59.2 Å². The Morgan fingerprint density at radius 2 is 1.57 bits per heavy atom. The van der Waals surface area contributed by atoms with Crippen LogP contribution in [0.25, 0.3) is 0 Å². The van der Waals surface area contributed by atoms with Gasteiger partial charge in [-0.2, -0.15) is 10.1 Å². The number of methoxy groups -OCH3 is 2. The maximum atomic E-state index is 12.2. The molecule has 0 saturated heterocycles. The van der Waals surface area contributed by atoms with Crippen molar-refractivity contribution in [2.24, 2.45) is 5.10 Å². The van der Waals surface area contributed by atoms with Crippen LogP contribution < -0.4 is 9.47 Å². The largest absolute Gasteiger partial charge is 0.493 e. The molecule has 1 aliphatic heterocycles. The Labute approximate surface area is 132 Å². The summed E-state index contributed by atoms with van der Waals surface area (Å²) in [5.74, 6) is 0.140. The topological polar surface area (TPSA) is 68.2 Å². The van der Waals surface area contributed by atoms with Crippen molar-refractivity contribution < 1.29 is 19.1 Å². The van der Waals surface area contributed by atoms with Gasteiger partial charge in [-0.15, -0.1) is 0 Å². The maximum Gasteiger partial charge on any atom is 0.282 e. The van der Waals surface area contributed by atoms with Crippen molar-refractivity contribution in [2.75, 3.05) is 14.2 Å². The summed E-state index contributed by atoms with van der Waals surface area (Å²) in [5, 5.41) is 4.88. The Hall–Kier alpha value is -3.15. The molecule has 0 aromatic heterocycles. The minimum Gasteiger partial charge on any atom is -0.493 e. The number of carbonyl (C=O) groups excluding carboxylic acids is 2. The maximum absolute atomic E-state index is 12.2. The summed E-state index contributed by atoms with van der Waals surface area (Å²) in [4.78, 5) is 24.5. The molecule has 2 amide bonds. The van der Waals surface area contributed by atoms with E-state index in [1.165, 1.54) is 20.4 Å². The third-order valence-electron chi connectivity index (χ3n) is 3.52. The van der Waals surface area contributed by atoms with Gasteiger partial charge in [0.25, 0.3) is 11.8 Å². The highest BCUT2D eigenvalue weighted by molar-refractivity contribution is 6.21. The van der Waals surface area contributed by atoms with Crippen molar-refractivity contribution in [1.29, 1.82) is 0 Å². The molecule has 3 rings (SSSR count). The molecule has 6 nitrogen and oxygen atoms in total. The van der Waals surface area contributed by atoms with Crippen LogP contribution in [0.4, 0.5) is 0 Å². The molecule has 0 spiro atoms. The number of hydrogen-bond acceptors (Lipinski definition) is 5. The van der Waals surface area contributed by atoms with Crippen LogP contribution in [0.5, 0.6) is 11.5 Å². The molecular weight excluding hydrogens is 296 g/mol. The first-order valence-corrected chi connectivity index (χ1v) is 6.90. The lowest BCUT2D eigenvalue weighted by atomic mass is 10.1. The van der Waals surface area contributed by atoms with E-state index >= 15 is 0 Å². The second kappa shape index (κ2) is 5.92. The molecule has 0 saturated carbocycles. The lowest BCUT2D eigenvalue weighted by molar-refractivity contribution is 0.0660. The molecule has 0 unspecified atom stereocenters.